The third kappa shape index (κ3) is 4.93. The second kappa shape index (κ2) is 5.56. The lowest BCUT2D eigenvalue weighted by molar-refractivity contribution is -0.143. The lowest BCUT2D eigenvalue weighted by Crippen LogP contribution is -2.25. The zero-order valence-corrected chi connectivity index (χ0v) is 11.8. The Bertz CT molecular complexity index is 504. The molecule has 1 heterocycles. The lowest BCUT2D eigenvalue weighted by Gasteiger charge is -2.17. The zero-order valence-electron chi connectivity index (χ0n) is 10.2. The molecule has 0 bridgehead atoms. The number of sulfone groups is 2. The second-order valence-corrected chi connectivity index (χ2v) is 9.37. The Morgan fingerprint density at radius 1 is 1.44 bits per heavy atom. The summed E-state index contributed by atoms with van der Waals surface area (Å²) in [5.41, 5.74) is 0. The average molecular weight is 298 g/mol. The average Bonchev–Trinajstić information content (AvgIpc) is 2.51. The highest BCUT2D eigenvalue weighted by Gasteiger charge is 2.36. The van der Waals surface area contributed by atoms with Gasteiger partial charge in [0, 0.05) is 12.0 Å². The monoisotopic (exact) mass is 298 g/mol. The van der Waals surface area contributed by atoms with Gasteiger partial charge in [0.05, 0.1) is 17.4 Å². The number of aliphatic carboxylic acids is 1. The van der Waals surface area contributed by atoms with E-state index in [4.69, 9.17) is 5.11 Å². The van der Waals surface area contributed by atoms with Gasteiger partial charge in [-0.15, -0.1) is 0 Å². The largest absolute Gasteiger partial charge is 0.481 e. The minimum atomic E-state index is -3.11. The van der Waals surface area contributed by atoms with E-state index in [1.807, 2.05) is 0 Å². The topological polar surface area (TPSA) is 106 Å². The van der Waals surface area contributed by atoms with Crippen molar-refractivity contribution in [2.45, 2.75) is 19.3 Å². The van der Waals surface area contributed by atoms with E-state index in [0.29, 0.717) is 6.42 Å². The van der Waals surface area contributed by atoms with Gasteiger partial charge in [0.25, 0.3) is 0 Å². The third-order valence-corrected chi connectivity index (χ3v) is 6.01. The highest BCUT2D eigenvalue weighted by molar-refractivity contribution is 7.91. The summed E-state index contributed by atoms with van der Waals surface area (Å²) in [5, 5.41) is 9.09. The van der Waals surface area contributed by atoms with Gasteiger partial charge in [-0.2, -0.15) is 0 Å². The van der Waals surface area contributed by atoms with Gasteiger partial charge in [-0.25, -0.2) is 16.8 Å². The van der Waals surface area contributed by atoms with Crippen molar-refractivity contribution in [3.63, 3.8) is 0 Å². The molecule has 1 aliphatic heterocycles. The summed E-state index contributed by atoms with van der Waals surface area (Å²) in [6.07, 6.45) is 1.93. The van der Waals surface area contributed by atoms with E-state index < -0.39 is 31.6 Å². The second-order valence-electron chi connectivity index (χ2n) is 4.88. The molecule has 1 fully saturated rings. The first kappa shape index (κ1) is 15.4. The van der Waals surface area contributed by atoms with Crippen molar-refractivity contribution in [1.82, 2.24) is 0 Å². The van der Waals surface area contributed by atoms with Crippen molar-refractivity contribution >= 4 is 25.6 Å². The number of hydrogen-bond donors (Lipinski definition) is 1. The molecule has 1 rings (SSSR count). The molecule has 2 unspecified atom stereocenters. The molecule has 1 aliphatic rings. The summed E-state index contributed by atoms with van der Waals surface area (Å²) in [5.74, 6) is -2.30. The zero-order chi connectivity index (χ0) is 14.0. The van der Waals surface area contributed by atoms with Gasteiger partial charge in [0.1, 0.15) is 9.84 Å². The number of carbonyl (C=O) groups is 1. The summed E-state index contributed by atoms with van der Waals surface area (Å²) in [6, 6.07) is 0. The van der Waals surface area contributed by atoms with Crippen molar-refractivity contribution in [3.8, 4) is 0 Å². The van der Waals surface area contributed by atoms with Crippen molar-refractivity contribution < 1.29 is 26.7 Å². The molecule has 6 nitrogen and oxygen atoms in total. The number of rotatable bonds is 6. The maximum Gasteiger partial charge on any atom is 0.306 e. The molecule has 1 saturated heterocycles. The molecule has 8 heteroatoms. The molecule has 0 aromatic heterocycles. The fraction of sp³-hybridized carbons (Fsp3) is 0.900. The smallest absolute Gasteiger partial charge is 0.306 e. The Morgan fingerprint density at radius 2 is 2.06 bits per heavy atom. The first-order chi connectivity index (χ1) is 8.11. The molecule has 0 radical (unpaired) electrons. The van der Waals surface area contributed by atoms with E-state index >= 15 is 0 Å². The van der Waals surface area contributed by atoms with Gasteiger partial charge in [-0.05, 0) is 25.2 Å². The summed E-state index contributed by atoms with van der Waals surface area (Å²) in [6.45, 7) is 0. The van der Waals surface area contributed by atoms with Crippen molar-refractivity contribution in [2.24, 2.45) is 11.8 Å². The van der Waals surface area contributed by atoms with E-state index in [0.717, 1.165) is 6.26 Å². The normalized spacial score (nSPS) is 24.8. The quantitative estimate of drug-likeness (QED) is 0.737. The summed E-state index contributed by atoms with van der Waals surface area (Å²) in [4.78, 5) is 11.1. The highest BCUT2D eigenvalue weighted by atomic mass is 32.2. The van der Waals surface area contributed by atoms with Crippen LogP contribution < -0.4 is 0 Å². The molecule has 2 atom stereocenters. The van der Waals surface area contributed by atoms with E-state index in [1.54, 1.807) is 0 Å². The Labute approximate surface area is 107 Å². The minimum Gasteiger partial charge on any atom is -0.481 e. The molecule has 0 aliphatic carbocycles. The van der Waals surface area contributed by atoms with E-state index in [2.05, 4.69) is 0 Å². The van der Waals surface area contributed by atoms with Crippen molar-refractivity contribution in [2.75, 3.05) is 23.5 Å². The van der Waals surface area contributed by atoms with Crippen LogP contribution in [0, 0.1) is 11.8 Å². The SMILES string of the molecule is CS(=O)(=O)CCCC(C(=O)O)C1CCS(=O)(=O)C1. The minimum absolute atomic E-state index is 0.0352. The maximum atomic E-state index is 11.3. The molecule has 0 amide bonds. The van der Waals surface area contributed by atoms with Crippen molar-refractivity contribution in [3.05, 3.63) is 0 Å². The van der Waals surface area contributed by atoms with Crippen molar-refractivity contribution in [1.29, 1.82) is 0 Å². The Kier molecular flexibility index (Phi) is 4.77. The Hall–Kier alpha value is -0.630. The van der Waals surface area contributed by atoms with Crippen LogP contribution in [-0.4, -0.2) is 51.4 Å². The first-order valence-electron chi connectivity index (χ1n) is 5.72. The molecular formula is C10H18O6S2. The predicted octanol–water partition coefficient (Wildman–Crippen LogP) is -0.0533. The van der Waals surface area contributed by atoms with Gasteiger partial charge in [-0.3, -0.25) is 4.79 Å². The summed E-state index contributed by atoms with van der Waals surface area (Å²) in [7, 11) is -6.21. The van der Waals surface area contributed by atoms with Crippen LogP contribution in [0.2, 0.25) is 0 Å². The van der Waals surface area contributed by atoms with Crippen LogP contribution in [0.3, 0.4) is 0 Å². The van der Waals surface area contributed by atoms with Gasteiger partial charge >= 0.3 is 5.97 Å². The van der Waals surface area contributed by atoms with Gasteiger partial charge in [-0.1, -0.05) is 0 Å². The lowest BCUT2D eigenvalue weighted by atomic mass is 9.88. The maximum absolute atomic E-state index is 11.3. The number of hydrogen-bond acceptors (Lipinski definition) is 5. The fourth-order valence-corrected chi connectivity index (χ4v) is 4.84. The standard InChI is InChI=1S/C10H18O6S2/c1-17(13,14)5-2-3-9(10(11)12)8-4-6-18(15,16)7-8/h8-9H,2-7H2,1H3,(H,11,12). The van der Waals surface area contributed by atoms with E-state index in [1.165, 1.54) is 0 Å². The predicted molar refractivity (Wildman–Crippen MR) is 66.8 cm³/mol. The van der Waals surface area contributed by atoms with Crippen LogP contribution in [0.15, 0.2) is 0 Å². The molecule has 0 spiro atoms. The first-order valence-corrected chi connectivity index (χ1v) is 9.60. The van der Waals surface area contributed by atoms with Gasteiger partial charge in [0.15, 0.2) is 9.84 Å². The molecular weight excluding hydrogens is 280 g/mol. The third-order valence-electron chi connectivity index (χ3n) is 3.18. The summed E-state index contributed by atoms with van der Waals surface area (Å²) >= 11 is 0. The van der Waals surface area contributed by atoms with Gasteiger partial charge in [0.2, 0.25) is 0 Å². The molecule has 106 valence electrons. The highest BCUT2D eigenvalue weighted by Crippen LogP contribution is 2.29. The molecule has 1 N–H and O–H groups in total. The van der Waals surface area contributed by atoms with Crippen LogP contribution in [0.25, 0.3) is 0 Å². The Balaban J connectivity index is 2.59. The summed E-state index contributed by atoms with van der Waals surface area (Å²) < 4.78 is 44.6. The molecule has 0 saturated carbocycles. The van der Waals surface area contributed by atoms with Crippen LogP contribution in [0.1, 0.15) is 19.3 Å². The molecule has 0 aromatic carbocycles. The number of carboxylic acids is 1. The van der Waals surface area contributed by atoms with Crippen LogP contribution in [-0.2, 0) is 24.5 Å². The van der Waals surface area contributed by atoms with E-state index in [-0.39, 0.29) is 36.0 Å². The van der Waals surface area contributed by atoms with E-state index in [9.17, 15) is 21.6 Å². The van der Waals surface area contributed by atoms with Crippen LogP contribution in [0.5, 0.6) is 0 Å². The van der Waals surface area contributed by atoms with Gasteiger partial charge < -0.3 is 5.11 Å². The molecule has 0 aromatic rings. The van der Waals surface area contributed by atoms with Crippen LogP contribution >= 0.6 is 0 Å². The fourth-order valence-electron chi connectivity index (χ4n) is 2.27. The Morgan fingerprint density at radius 3 is 2.44 bits per heavy atom. The van der Waals surface area contributed by atoms with Crippen LogP contribution in [0.4, 0.5) is 0 Å². The number of carboxylic acid groups (broad SMARTS) is 1. The molecule has 18 heavy (non-hydrogen) atoms.